The SMILES string of the molecule is COc1cc(C)c2c(C(=O)O)c[nH]c2c1. The number of H-pyrrole nitrogens is 1. The normalized spacial score (nSPS) is 10.5. The minimum atomic E-state index is -0.922. The summed E-state index contributed by atoms with van der Waals surface area (Å²) in [7, 11) is 1.58. The molecule has 0 spiro atoms. The summed E-state index contributed by atoms with van der Waals surface area (Å²) in [5, 5.41) is 9.71. The van der Waals surface area contributed by atoms with Gasteiger partial charge in [0.05, 0.1) is 18.2 Å². The first-order chi connectivity index (χ1) is 7.13. The van der Waals surface area contributed by atoms with Crippen molar-refractivity contribution in [1.82, 2.24) is 4.98 Å². The van der Waals surface area contributed by atoms with Crippen LogP contribution in [0.25, 0.3) is 10.9 Å². The van der Waals surface area contributed by atoms with Gasteiger partial charge in [-0.2, -0.15) is 0 Å². The van der Waals surface area contributed by atoms with E-state index in [4.69, 9.17) is 9.84 Å². The van der Waals surface area contributed by atoms with E-state index in [9.17, 15) is 4.79 Å². The Morgan fingerprint density at radius 1 is 1.47 bits per heavy atom. The Bertz CT molecular complexity index is 528. The van der Waals surface area contributed by atoms with Gasteiger partial charge >= 0.3 is 5.97 Å². The van der Waals surface area contributed by atoms with Crippen LogP contribution in [0.3, 0.4) is 0 Å². The van der Waals surface area contributed by atoms with E-state index in [-0.39, 0.29) is 0 Å². The third-order valence-electron chi connectivity index (χ3n) is 2.42. The van der Waals surface area contributed by atoms with Gasteiger partial charge in [-0.25, -0.2) is 4.79 Å². The highest BCUT2D eigenvalue weighted by atomic mass is 16.5. The van der Waals surface area contributed by atoms with E-state index in [0.717, 1.165) is 22.2 Å². The van der Waals surface area contributed by atoms with Crippen molar-refractivity contribution < 1.29 is 14.6 Å². The number of ether oxygens (including phenoxy) is 1. The van der Waals surface area contributed by atoms with E-state index in [1.54, 1.807) is 13.2 Å². The molecule has 2 rings (SSSR count). The van der Waals surface area contributed by atoms with Crippen molar-refractivity contribution in [2.24, 2.45) is 0 Å². The lowest BCUT2D eigenvalue weighted by Gasteiger charge is -2.03. The Balaban J connectivity index is 2.77. The molecule has 2 aromatic rings. The molecule has 0 aliphatic carbocycles. The third-order valence-corrected chi connectivity index (χ3v) is 2.42. The van der Waals surface area contributed by atoms with E-state index < -0.39 is 5.97 Å². The number of methoxy groups -OCH3 is 1. The van der Waals surface area contributed by atoms with Crippen LogP contribution in [0.1, 0.15) is 15.9 Å². The van der Waals surface area contributed by atoms with Crippen LogP contribution in [-0.4, -0.2) is 23.2 Å². The lowest BCUT2D eigenvalue weighted by atomic mass is 10.1. The zero-order valence-corrected chi connectivity index (χ0v) is 8.50. The van der Waals surface area contributed by atoms with Gasteiger partial charge in [-0.15, -0.1) is 0 Å². The number of aromatic amines is 1. The topological polar surface area (TPSA) is 62.3 Å². The van der Waals surface area contributed by atoms with E-state index in [1.165, 1.54) is 6.20 Å². The molecule has 2 N–H and O–H groups in total. The van der Waals surface area contributed by atoms with Gasteiger partial charge in [0.1, 0.15) is 5.75 Å². The molecule has 0 radical (unpaired) electrons. The first-order valence-corrected chi connectivity index (χ1v) is 4.52. The first kappa shape index (κ1) is 9.58. The van der Waals surface area contributed by atoms with Gasteiger partial charge in [-0.05, 0) is 18.6 Å². The highest BCUT2D eigenvalue weighted by Crippen LogP contribution is 2.27. The highest BCUT2D eigenvalue weighted by Gasteiger charge is 2.13. The molecule has 15 heavy (non-hydrogen) atoms. The summed E-state index contributed by atoms with van der Waals surface area (Å²) < 4.78 is 5.11. The molecule has 78 valence electrons. The average molecular weight is 205 g/mol. The number of benzene rings is 1. The van der Waals surface area contributed by atoms with Crippen molar-refractivity contribution in [3.8, 4) is 5.75 Å². The summed E-state index contributed by atoms with van der Waals surface area (Å²) >= 11 is 0. The van der Waals surface area contributed by atoms with Crippen LogP contribution in [0.15, 0.2) is 18.3 Å². The van der Waals surface area contributed by atoms with Gasteiger partial charge in [0, 0.05) is 17.6 Å². The van der Waals surface area contributed by atoms with Gasteiger partial charge < -0.3 is 14.8 Å². The molecule has 0 aliphatic heterocycles. The van der Waals surface area contributed by atoms with Crippen molar-refractivity contribution in [2.75, 3.05) is 7.11 Å². The number of fused-ring (bicyclic) bond motifs is 1. The number of hydrogen-bond acceptors (Lipinski definition) is 2. The second-order valence-electron chi connectivity index (χ2n) is 3.37. The number of aryl methyl sites for hydroxylation is 1. The maximum atomic E-state index is 10.9. The molecule has 0 atom stereocenters. The van der Waals surface area contributed by atoms with Crippen molar-refractivity contribution in [3.05, 3.63) is 29.5 Å². The number of carboxylic acids is 1. The predicted molar refractivity (Wildman–Crippen MR) is 56.5 cm³/mol. The Hall–Kier alpha value is -1.97. The summed E-state index contributed by atoms with van der Waals surface area (Å²) in [6, 6.07) is 3.61. The van der Waals surface area contributed by atoms with Crippen LogP contribution < -0.4 is 4.74 Å². The number of nitrogens with one attached hydrogen (secondary N) is 1. The van der Waals surface area contributed by atoms with Crippen molar-refractivity contribution in [1.29, 1.82) is 0 Å². The molecule has 0 fully saturated rings. The number of aromatic carboxylic acids is 1. The van der Waals surface area contributed by atoms with E-state index in [0.29, 0.717) is 5.56 Å². The van der Waals surface area contributed by atoms with E-state index in [1.807, 2.05) is 13.0 Å². The smallest absolute Gasteiger partial charge is 0.337 e. The molecular weight excluding hydrogens is 194 g/mol. The Labute approximate surface area is 86.5 Å². The van der Waals surface area contributed by atoms with Gasteiger partial charge in [-0.3, -0.25) is 0 Å². The molecule has 4 nitrogen and oxygen atoms in total. The van der Waals surface area contributed by atoms with Crippen LogP contribution in [0.5, 0.6) is 5.75 Å². The zero-order chi connectivity index (χ0) is 11.0. The molecule has 0 bridgehead atoms. The third kappa shape index (κ3) is 1.44. The fraction of sp³-hybridized carbons (Fsp3) is 0.182. The number of hydrogen-bond donors (Lipinski definition) is 2. The summed E-state index contributed by atoms with van der Waals surface area (Å²) in [6.07, 6.45) is 1.50. The number of carbonyl (C=O) groups is 1. The number of carboxylic acid groups (broad SMARTS) is 1. The van der Waals surface area contributed by atoms with Gasteiger partial charge in [0.25, 0.3) is 0 Å². The first-order valence-electron chi connectivity index (χ1n) is 4.52. The van der Waals surface area contributed by atoms with Crippen LogP contribution in [0.2, 0.25) is 0 Å². The van der Waals surface area contributed by atoms with Gasteiger partial charge in [0.15, 0.2) is 0 Å². The Morgan fingerprint density at radius 2 is 2.20 bits per heavy atom. The minimum Gasteiger partial charge on any atom is -0.497 e. The number of rotatable bonds is 2. The molecule has 0 unspecified atom stereocenters. The van der Waals surface area contributed by atoms with Crippen molar-refractivity contribution in [2.45, 2.75) is 6.92 Å². The van der Waals surface area contributed by atoms with Gasteiger partial charge in [-0.1, -0.05) is 0 Å². The minimum absolute atomic E-state index is 0.296. The zero-order valence-electron chi connectivity index (χ0n) is 8.50. The molecule has 1 aromatic carbocycles. The molecule has 4 heteroatoms. The van der Waals surface area contributed by atoms with Gasteiger partial charge in [0.2, 0.25) is 0 Å². The fourth-order valence-corrected chi connectivity index (χ4v) is 1.73. The van der Waals surface area contributed by atoms with Crippen LogP contribution in [0, 0.1) is 6.92 Å². The standard InChI is InChI=1S/C11H11NO3/c1-6-3-7(15-2)4-9-10(6)8(5-12-9)11(13)14/h3-5,12H,1-2H3,(H,13,14). The predicted octanol–water partition coefficient (Wildman–Crippen LogP) is 2.18. The molecule has 1 aromatic heterocycles. The monoisotopic (exact) mass is 205 g/mol. The molecule has 0 aliphatic rings. The second kappa shape index (κ2) is 3.31. The van der Waals surface area contributed by atoms with E-state index >= 15 is 0 Å². The van der Waals surface area contributed by atoms with Crippen LogP contribution in [-0.2, 0) is 0 Å². The average Bonchev–Trinajstić information content (AvgIpc) is 2.61. The van der Waals surface area contributed by atoms with Crippen molar-refractivity contribution in [3.63, 3.8) is 0 Å². The summed E-state index contributed by atoms with van der Waals surface area (Å²) in [5.74, 6) is -0.201. The fourth-order valence-electron chi connectivity index (χ4n) is 1.73. The molecule has 0 saturated carbocycles. The lowest BCUT2D eigenvalue weighted by Crippen LogP contribution is -1.95. The number of aromatic nitrogens is 1. The summed E-state index contributed by atoms with van der Waals surface area (Å²) in [6.45, 7) is 1.87. The lowest BCUT2D eigenvalue weighted by molar-refractivity contribution is 0.0699. The van der Waals surface area contributed by atoms with Crippen molar-refractivity contribution >= 4 is 16.9 Å². The van der Waals surface area contributed by atoms with E-state index in [2.05, 4.69) is 4.98 Å². The molecule has 0 saturated heterocycles. The molecule has 0 amide bonds. The largest absolute Gasteiger partial charge is 0.497 e. The molecule has 1 heterocycles. The maximum absolute atomic E-state index is 10.9. The maximum Gasteiger partial charge on any atom is 0.337 e. The van der Waals surface area contributed by atoms with Crippen LogP contribution in [0.4, 0.5) is 0 Å². The molecular formula is C11H11NO3. The second-order valence-corrected chi connectivity index (χ2v) is 3.37. The summed E-state index contributed by atoms with van der Waals surface area (Å²) in [5.41, 5.74) is 1.97. The Morgan fingerprint density at radius 3 is 2.80 bits per heavy atom. The Kier molecular flexibility index (Phi) is 2.11. The highest BCUT2D eigenvalue weighted by molar-refractivity contribution is 6.04. The quantitative estimate of drug-likeness (QED) is 0.789. The summed E-state index contributed by atoms with van der Waals surface area (Å²) in [4.78, 5) is 13.9. The van der Waals surface area contributed by atoms with Crippen LogP contribution >= 0.6 is 0 Å².